The van der Waals surface area contributed by atoms with Crippen molar-refractivity contribution in [2.24, 2.45) is 0 Å². The summed E-state index contributed by atoms with van der Waals surface area (Å²) in [5.41, 5.74) is 0. The molecule has 0 spiro atoms. The van der Waals surface area contributed by atoms with Crippen molar-refractivity contribution in [1.82, 2.24) is 0 Å². The van der Waals surface area contributed by atoms with Crippen LogP contribution in [0, 0.1) is 0 Å². The van der Waals surface area contributed by atoms with E-state index in [9.17, 15) is 0 Å². The molecule has 3 aliphatic heterocycles. The van der Waals surface area contributed by atoms with Crippen LogP contribution in [-0.2, 0) is 14.2 Å². The predicted molar refractivity (Wildman–Crippen MR) is 60.2 cm³/mol. The maximum Gasteiger partial charge on any atom is 1.00 e. The Kier molecular flexibility index (Phi) is 14.7. The van der Waals surface area contributed by atoms with Gasteiger partial charge in [-0.05, 0) is 38.5 Å². The summed E-state index contributed by atoms with van der Waals surface area (Å²) in [5, 5.41) is 0. The summed E-state index contributed by atoms with van der Waals surface area (Å²) in [5.74, 6) is 0. The van der Waals surface area contributed by atoms with Crippen LogP contribution in [0.15, 0.2) is 0 Å². The first-order valence-corrected chi connectivity index (χ1v) is 6.23. The van der Waals surface area contributed by atoms with E-state index in [0.717, 1.165) is 39.6 Å². The van der Waals surface area contributed by atoms with Gasteiger partial charge in [0.2, 0.25) is 0 Å². The van der Waals surface area contributed by atoms with Crippen molar-refractivity contribution < 1.29 is 43.8 Å². The molecule has 3 fully saturated rings. The van der Waals surface area contributed by atoms with E-state index in [-0.39, 0.29) is 29.6 Å². The molecule has 0 bridgehead atoms. The Morgan fingerprint density at radius 3 is 0.625 bits per heavy atom. The number of hydrogen-bond acceptors (Lipinski definition) is 3. The second-order valence-corrected chi connectivity index (χ2v) is 3.96. The first-order chi connectivity index (χ1) is 7.50. The Morgan fingerprint density at radius 1 is 0.375 bits per heavy atom. The molecule has 4 heteroatoms. The first-order valence-electron chi connectivity index (χ1n) is 6.23. The van der Waals surface area contributed by atoms with Gasteiger partial charge in [0.15, 0.2) is 0 Å². The van der Waals surface area contributed by atoms with Crippen molar-refractivity contribution in [3.8, 4) is 0 Å². The van der Waals surface area contributed by atoms with Crippen molar-refractivity contribution in [3.05, 3.63) is 0 Å². The zero-order chi connectivity index (χ0) is 10.6. The van der Waals surface area contributed by atoms with Crippen LogP contribution in [0.3, 0.4) is 0 Å². The fraction of sp³-hybridized carbons (Fsp3) is 1.00. The van der Waals surface area contributed by atoms with Gasteiger partial charge in [0.1, 0.15) is 0 Å². The van der Waals surface area contributed by atoms with Crippen LogP contribution in [0.2, 0.25) is 0 Å². The van der Waals surface area contributed by atoms with Crippen molar-refractivity contribution in [2.45, 2.75) is 38.5 Å². The van der Waals surface area contributed by atoms with Crippen molar-refractivity contribution in [3.63, 3.8) is 0 Å². The van der Waals surface area contributed by atoms with Gasteiger partial charge in [0.25, 0.3) is 0 Å². The summed E-state index contributed by atoms with van der Waals surface area (Å²) < 4.78 is 14.8. The standard InChI is InChI=1S/3C4H8O.Na/c3*1-2-4-5-3-1;/h3*1-4H2;/q;;;+1. The molecule has 0 unspecified atom stereocenters. The van der Waals surface area contributed by atoms with Crippen molar-refractivity contribution >= 4 is 0 Å². The first kappa shape index (κ1) is 16.9. The van der Waals surface area contributed by atoms with Gasteiger partial charge in [-0.1, -0.05) is 0 Å². The van der Waals surface area contributed by atoms with Crippen molar-refractivity contribution in [1.29, 1.82) is 0 Å². The number of ether oxygens (including phenoxy) is 3. The summed E-state index contributed by atoms with van der Waals surface area (Å²) in [4.78, 5) is 0. The molecule has 16 heavy (non-hydrogen) atoms. The quantitative estimate of drug-likeness (QED) is 0.528. The number of rotatable bonds is 0. The van der Waals surface area contributed by atoms with Gasteiger partial charge in [0.05, 0.1) is 0 Å². The molecule has 90 valence electrons. The fourth-order valence-electron chi connectivity index (χ4n) is 1.53. The molecule has 0 aliphatic carbocycles. The SMILES string of the molecule is C1CCOC1.C1CCOC1.C1CCOC1.[Na+]. The summed E-state index contributed by atoms with van der Waals surface area (Å²) >= 11 is 0. The molecule has 3 saturated heterocycles. The van der Waals surface area contributed by atoms with Gasteiger partial charge >= 0.3 is 29.6 Å². The van der Waals surface area contributed by atoms with E-state index in [4.69, 9.17) is 14.2 Å². The van der Waals surface area contributed by atoms with Crippen LogP contribution in [0.5, 0.6) is 0 Å². The number of hydrogen-bond donors (Lipinski definition) is 0. The zero-order valence-electron chi connectivity index (χ0n) is 10.7. The molecule has 0 aromatic heterocycles. The Bertz CT molecular complexity index is 74.8. The summed E-state index contributed by atoms with van der Waals surface area (Å²) in [6.07, 6.45) is 7.67. The summed E-state index contributed by atoms with van der Waals surface area (Å²) in [7, 11) is 0. The smallest absolute Gasteiger partial charge is 0.381 e. The van der Waals surface area contributed by atoms with E-state index in [1.807, 2.05) is 0 Å². The predicted octanol–water partition coefficient (Wildman–Crippen LogP) is -0.606. The van der Waals surface area contributed by atoms with Gasteiger partial charge < -0.3 is 14.2 Å². The normalized spacial score (nSPS) is 22.5. The Morgan fingerprint density at radius 2 is 0.562 bits per heavy atom. The Labute approximate surface area is 122 Å². The molecule has 3 rings (SSSR count). The minimum absolute atomic E-state index is 0. The fourth-order valence-corrected chi connectivity index (χ4v) is 1.53. The minimum Gasteiger partial charge on any atom is -0.381 e. The van der Waals surface area contributed by atoms with E-state index in [0.29, 0.717) is 0 Å². The van der Waals surface area contributed by atoms with Crippen LogP contribution >= 0.6 is 0 Å². The van der Waals surface area contributed by atoms with Gasteiger partial charge in [-0.15, -0.1) is 0 Å². The van der Waals surface area contributed by atoms with E-state index in [2.05, 4.69) is 0 Å². The van der Waals surface area contributed by atoms with E-state index >= 15 is 0 Å². The van der Waals surface area contributed by atoms with E-state index in [1.165, 1.54) is 38.5 Å². The second-order valence-electron chi connectivity index (χ2n) is 3.96. The van der Waals surface area contributed by atoms with Gasteiger partial charge in [0, 0.05) is 39.6 Å². The molecule has 0 amide bonds. The van der Waals surface area contributed by atoms with Gasteiger partial charge in [-0.3, -0.25) is 0 Å². The average Bonchev–Trinajstić information content (AvgIpc) is 3.09. The molecule has 0 atom stereocenters. The van der Waals surface area contributed by atoms with Crippen molar-refractivity contribution in [2.75, 3.05) is 39.6 Å². The van der Waals surface area contributed by atoms with Crippen LogP contribution in [0.4, 0.5) is 0 Å². The van der Waals surface area contributed by atoms with E-state index < -0.39 is 0 Å². The summed E-state index contributed by atoms with van der Waals surface area (Å²) in [6.45, 7) is 6.00. The Balaban J connectivity index is 0.000000205. The maximum atomic E-state index is 4.94. The summed E-state index contributed by atoms with van der Waals surface area (Å²) in [6, 6.07) is 0. The molecule has 0 aromatic rings. The average molecular weight is 239 g/mol. The topological polar surface area (TPSA) is 27.7 Å². The molecule has 0 saturated carbocycles. The monoisotopic (exact) mass is 239 g/mol. The van der Waals surface area contributed by atoms with Gasteiger partial charge in [-0.2, -0.15) is 0 Å². The molecular weight excluding hydrogens is 215 g/mol. The molecule has 3 heterocycles. The minimum atomic E-state index is 0. The Hall–Kier alpha value is 0.880. The van der Waals surface area contributed by atoms with Crippen LogP contribution in [-0.4, -0.2) is 39.6 Å². The third kappa shape index (κ3) is 11.4. The maximum absolute atomic E-state index is 4.94. The molecular formula is C12H24NaO3+. The third-order valence-corrected chi connectivity index (χ3v) is 2.48. The zero-order valence-corrected chi connectivity index (χ0v) is 12.7. The molecule has 3 aliphatic rings. The third-order valence-electron chi connectivity index (χ3n) is 2.48. The van der Waals surface area contributed by atoms with Gasteiger partial charge in [-0.25, -0.2) is 0 Å². The van der Waals surface area contributed by atoms with E-state index in [1.54, 1.807) is 0 Å². The second kappa shape index (κ2) is 13.9. The van der Waals surface area contributed by atoms with Crippen LogP contribution in [0.1, 0.15) is 38.5 Å². The molecule has 3 nitrogen and oxygen atoms in total. The van der Waals surface area contributed by atoms with Crippen LogP contribution in [0.25, 0.3) is 0 Å². The largest absolute Gasteiger partial charge is 1.00 e. The van der Waals surface area contributed by atoms with Crippen LogP contribution < -0.4 is 29.6 Å². The molecule has 0 radical (unpaired) electrons. The molecule has 0 N–H and O–H groups in total. The molecule has 0 aromatic carbocycles.